The van der Waals surface area contributed by atoms with Crippen molar-refractivity contribution in [3.8, 4) is 0 Å². The van der Waals surface area contributed by atoms with E-state index in [-0.39, 0.29) is 24.4 Å². The van der Waals surface area contributed by atoms with Crippen LogP contribution in [0.3, 0.4) is 0 Å². The molecular weight excluding hydrogens is 194 g/mol. The molecule has 2 fully saturated rings. The quantitative estimate of drug-likeness (QED) is 0.633. The van der Waals surface area contributed by atoms with Crippen molar-refractivity contribution in [2.24, 2.45) is 11.7 Å². The number of rotatable bonds is 3. The van der Waals surface area contributed by atoms with Crippen molar-refractivity contribution in [1.29, 1.82) is 0 Å². The first-order valence-corrected chi connectivity index (χ1v) is 5.40. The summed E-state index contributed by atoms with van der Waals surface area (Å²) in [5.74, 6) is 0.600. The maximum absolute atomic E-state index is 11.6. The molecule has 0 bridgehead atoms. The van der Waals surface area contributed by atoms with Gasteiger partial charge in [0, 0.05) is 19.0 Å². The van der Waals surface area contributed by atoms with Gasteiger partial charge in [0.25, 0.3) is 0 Å². The van der Waals surface area contributed by atoms with E-state index in [4.69, 9.17) is 5.73 Å². The van der Waals surface area contributed by atoms with Crippen LogP contribution in [0, 0.1) is 5.92 Å². The van der Waals surface area contributed by atoms with Crippen LogP contribution in [0.5, 0.6) is 0 Å². The van der Waals surface area contributed by atoms with Crippen LogP contribution in [0.2, 0.25) is 0 Å². The first kappa shape index (κ1) is 10.4. The fourth-order valence-electron chi connectivity index (χ4n) is 2.17. The fourth-order valence-corrected chi connectivity index (χ4v) is 2.17. The minimum Gasteiger partial charge on any atom is -0.350 e. The second-order valence-corrected chi connectivity index (χ2v) is 4.50. The van der Waals surface area contributed by atoms with E-state index >= 15 is 0 Å². The van der Waals surface area contributed by atoms with Crippen LogP contribution >= 0.6 is 0 Å². The summed E-state index contributed by atoms with van der Waals surface area (Å²) in [6, 6.07) is 0.374. The Bertz CT molecular complexity index is 292. The van der Waals surface area contributed by atoms with Gasteiger partial charge in [-0.2, -0.15) is 0 Å². The number of amides is 2. The van der Waals surface area contributed by atoms with Gasteiger partial charge in [-0.15, -0.1) is 0 Å². The largest absolute Gasteiger partial charge is 0.350 e. The SMILES string of the molecule is CC1CC1N1CC(NC(=O)CN)CC1=O. The third-order valence-corrected chi connectivity index (χ3v) is 3.18. The smallest absolute Gasteiger partial charge is 0.234 e. The molecule has 1 aliphatic carbocycles. The maximum atomic E-state index is 11.6. The fraction of sp³-hybridized carbons (Fsp3) is 0.800. The lowest BCUT2D eigenvalue weighted by molar-refractivity contribution is -0.128. The van der Waals surface area contributed by atoms with Crippen molar-refractivity contribution in [2.75, 3.05) is 13.1 Å². The Morgan fingerprint density at radius 1 is 1.67 bits per heavy atom. The number of hydrogen-bond acceptors (Lipinski definition) is 3. The molecular formula is C10H17N3O2. The molecule has 84 valence electrons. The highest BCUT2D eigenvalue weighted by Gasteiger charge is 2.44. The van der Waals surface area contributed by atoms with E-state index in [1.54, 1.807) is 0 Å². The molecule has 0 aromatic rings. The summed E-state index contributed by atoms with van der Waals surface area (Å²) in [5.41, 5.74) is 5.20. The molecule has 15 heavy (non-hydrogen) atoms. The molecule has 5 heteroatoms. The molecule has 1 aliphatic heterocycles. The number of hydrogen-bond donors (Lipinski definition) is 2. The summed E-state index contributed by atoms with van der Waals surface area (Å²) in [5, 5.41) is 2.76. The summed E-state index contributed by atoms with van der Waals surface area (Å²) in [7, 11) is 0. The lowest BCUT2D eigenvalue weighted by Gasteiger charge is -2.16. The van der Waals surface area contributed by atoms with Gasteiger partial charge in [0.15, 0.2) is 0 Å². The van der Waals surface area contributed by atoms with E-state index in [9.17, 15) is 9.59 Å². The first-order chi connectivity index (χ1) is 7.11. The summed E-state index contributed by atoms with van der Waals surface area (Å²) in [6.07, 6.45) is 1.53. The van der Waals surface area contributed by atoms with Gasteiger partial charge in [-0.1, -0.05) is 6.92 Å². The highest BCUT2D eigenvalue weighted by Crippen LogP contribution is 2.37. The molecule has 1 heterocycles. The van der Waals surface area contributed by atoms with Gasteiger partial charge in [-0.3, -0.25) is 9.59 Å². The minimum absolute atomic E-state index is 0.00940. The number of likely N-dealkylation sites (tertiary alicyclic amines) is 1. The standard InChI is InChI=1S/C10H17N3O2/c1-6-2-8(6)13-5-7(3-10(13)15)12-9(14)4-11/h6-8H,2-5,11H2,1H3,(H,12,14). The molecule has 1 saturated carbocycles. The van der Waals surface area contributed by atoms with E-state index in [1.165, 1.54) is 0 Å². The topological polar surface area (TPSA) is 75.4 Å². The third kappa shape index (κ3) is 2.12. The van der Waals surface area contributed by atoms with Crippen LogP contribution in [-0.4, -0.2) is 41.9 Å². The average Bonchev–Trinajstić information content (AvgIpc) is 2.79. The molecule has 3 N–H and O–H groups in total. The number of nitrogens with two attached hydrogens (primary N) is 1. The zero-order chi connectivity index (χ0) is 11.0. The number of carbonyl (C=O) groups is 2. The van der Waals surface area contributed by atoms with Crippen molar-refractivity contribution >= 4 is 11.8 Å². The van der Waals surface area contributed by atoms with Crippen LogP contribution in [-0.2, 0) is 9.59 Å². The van der Waals surface area contributed by atoms with Crippen molar-refractivity contribution in [1.82, 2.24) is 10.2 Å². The molecule has 1 saturated heterocycles. The molecule has 3 atom stereocenters. The second-order valence-electron chi connectivity index (χ2n) is 4.50. The van der Waals surface area contributed by atoms with Crippen LogP contribution < -0.4 is 11.1 Å². The Balaban J connectivity index is 1.87. The maximum Gasteiger partial charge on any atom is 0.234 e. The van der Waals surface area contributed by atoms with Crippen LogP contribution in [0.4, 0.5) is 0 Å². The van der Waals surface area contributed by atoms with Crippen molar-refractivity contribution < 1.29 is 9.59 Å². The minimum atomic E-state index is -0.182. The molecule has 0 radical (unpaired) electrons. The zero-order valence-electron chi connectivity index (χ0n) is 8.90. The van der Waals surface area contributed by atoms with Gasteiger partial charge in [0.1, 0.15) is 0 Å². The number of nitrogens with one attached hydrogen (secondary N) is 1. The summed E-state index contributed by atoms with van der Waals surface area (Å²) >= 11 is 0. The van der Waals surface area contributed by atoms with Crippen LogP contribution in [0.1, 0.15) is 19.8 Å². The molecule has 2 aliphatic rings. The third-order valence-electron chi connectivity index (χ3n) is 3.18. The molecule has 2 rings (SSSR count). The van der Waals surface area contributed by atoms with Gasteiger partial charge < -0.3 is 16.0 Å². The lowest BCUT2D eigenvalue weighted by atomic mass is 10.2. The van der Waals surface area contributed by atoms with Gasteiger partial charge in [0.05, 0.1) is 12.6 Å². The Kier molecular flexibility index (Phi) is 2.65. The second kappa shape index (κ2) is 3.81. The predicted molar refractivity (Wildman–Crippen MR) is 54.9 cm³/mol. The van der Waals surface area contributed by atoms with Gasteiger partial charge in [-0.25, -0.2) is 0 Å². The Labute approximate surface area is 89.0 Å². The Morgan fingerprint density at radius 2 is 2.33 bits per heavy atom. The van der Waals surface area contributed by atoms with Crippen molar-refractivity contribution in [2.45, 2.75) is 31.8 Å². The summed E-state index contributed by atoms with van der Waals surface area (Å²) in [6.45, 7) is 2.79. The molecule has 0 spiro atoms. The highest BCUT2D eigenvalue weighted by atomic mass is 16.2. The number of nitrogens with zero attached hydrogens (tertiary/aromatic N) is 1. The van der Waals surface area contributed by atoms with E-state index in [0.29, 0.717) is 24.9 Å². The molecule has 2 amide bonds. The lowest BCUT2D eigenvalue weighted by Crippen LogP contribution is -2.40. The number of carbonyl (C=O) groups excluding carboxylic acids is 2. The Morgan fingerprint density at radius 3 is 2.87 bits per heavy atom. The Hall–Kier alpha value is -1.10. The monoisotopic (exact) mass is 211 g/mol. The van der Waals surface area contributed by atoms with E-state index < -0.39 is 0 Å². The molecule has 0 aromatic heterocycles. The van der Waals surface area contributed by atoms with E-state index in [1.807, 2.05) is 4.90 Å². The molecule has 3 unspecified atom stereocenters. The highest BCUT2D eigenvalue weighted by molar-refractivity contribution is 5.83. The normalized spacial score (nSPS) is 34.4. The first-order valence-electron chi connectivity index (χ1n) is 5.40. The van der Waals surface area contributed by atoms with Gasteiger partial charge in [-0.05, 0) is 12.3 Å². The molecule has 0 aromatic carbocycles. The van der Waals surface area contributed by atoms with Crippen molar-refractivity contribution in [3.63, 3.8) is 0 Å². The van der Waals surface area contributed by atoms with E-state index in [2.05, 4.69) is 12.2 Å². The molecule has 5 nitrogen and oxygen atoms in total. The van der Waals surface area contributed by atoms with E-state index in [0.717, 1.165) is 6.42 Å². The summed E-state index contributed by atoms with van der Waals surface area (Å²) in [4.78, 5) is 24.6. The van der Waals surface area contributed by atoms with Gasteiger partial charge in [0.2, 0.25) is 11.8 Å². The zero-order valence-corrected chi connectivity index (χ0v) is 8.90. The summed E-state index contributed by atoms with van der Waals surface area (Å²) < 4.78 is 0. The van der Waals surface area contributed by atoms with Gasteiger partial charge >= 0.3 is 0 Å². The van der Waals surface area contributed by atoms with Crippen LogP contribution in [0.25, 0.3) is 0 Å². The van der Waals surface area contributed by atoms with Crippen molar-refractivity contribution in [3.05, 3.63) is 0 Å². The predicted octanol–water partition coefficient (Wildman–Crippen LogP) is -0.929. The van der Waals surface area contributed by atoms with Crippen LogP contribution in [0.15, 0.2) is 0 Å². The average molecular weight is 211 g/mol.